The standard InChI is InChI=1S/C15H19N3O3/c1-9(2)18-14(13(21-4)8-17-18)15(19)11-6-5-10(20-3)7-12(11)16/h5-9H,16H2,1-4H3. The van der Waals surface area contributed by atoms with Crippen molar-refractivity contribution in [2.24, 2.45) is 0 Å². The highest BCUT2D eigenvalue weighted by Gasteiger charge is 2.24. The Morgan fingerprint density at radius 1 is 1.29 bits per heavy atom. The van der Waals surface area contributed by atoms with Gasteiger partial charge in [-0.1, -0.05) is 0 Å². The molecule has 0 aliphatic heterocycles. The molecule has 1 heterocycles. The van der Waals surface area contributed by atoms with Crippen LogP contribution in [-0.4, -0.2) is 29.8 Å². The van der Waals surface area contributed by atoms with Gasteiger partial charge in [0, 0.05) is 23.4 Å². The fraction of sp³-hybridized carbons (Fsp3) is 0.333. The van der Waals surface area contributed by atoms with Gasteiger partial charge in [-0.3, -0.25) is 9.48 Å². The van der Waals surface area contributed by atoms with Crippen LogP contribution in [0.3, 0.4) is 0 Å². The predicted molar refractivity (Wildman–Crippen MR) is 80.0 cm³/mol. The molecule has 0 amide bonds. The number of nitrogens with two attached hydrogens (primary N) is 1. The third kappa shape index (κ3) is 2.69. The van der Waals surface area contributed by atoms with E-state index in [1.165, 1.54) is 13.3 Å². The molecule has 0 radical (unpaired) electrons. The minimum Gasteiger partial charge on any atom is -0.497 e. The van der Waals surface area contributed by atoms with Crippen LogP contribution in [0.15, 0.2) is 24.4 Å². The van der Waals surface area contributed by atoms with Crippen LogP contribution >= 0.6 is 0 Å². The van der Waals surface area contributed by atoms with Crippen molar-refractivity contribution in [1.29, 1.82) is 0 Å². The first-order valence-corrected chi connectivity index (χ1v) is 6.59. The SMILES string of the molecule is COc1ccc(C(=O)c2c(OC)cnn2C(C)C)c(N)c1. The third-order valence-corrected chi connectivity index (χ3v) is 3.19. The summed E-state index contributed by atoms with van der Waals surface area (Å²) in [7, 11) is 3.06. The summed E-state index contributed by atoms with van der Waals surface area (Å²) < 4.78 is 12.0. The summed E-state index contributed by atoms with van der Waals surface area (Å²) in [5.41, 5.74) is 7.10. The molecule has 6 nitrogen and oxygen atoms in total. The Morgan fingerprint density at radius 2 is 2.00 bits per heavy atom. The molecule has 1 aromatic carbocycles. The van der Waals surface area contributed by atoms with Gasteiger partial charge in [0.1, 0.15) is 5.75 Å². The van der Waals surface area contributed by atoms with Gasteiger partial charge >= 0.3 is 0 Å². The molecule has 2 rings (SSSR count). The Bertz CT molecular complexity index is 662. The number of hydrogen-bond acceptors (Lipinski definition) is 5. The monoisotopic (exact) mass is 289 g/mol. The van der Waals surface area contributed by atoms with Crippen LogP contribution in [0.1, 0.15) is 35.9 Å². The van der Waals surface area contributed by atoms with Crippen LogP contribution in [0.5, 0.6) is 11.5 Å². The molecule has 2 aromatic rings. The largest absolute Gasteiger partial charge is 0.497 e. The van der Waals surface area contributed by atoms with E-state index in [1.807, 2.05) is 13.8 Å². The number of carbonyl (C=O) groups is 1. The molecule has 1 aromatic heterocycles. The van der Waals surface area contributed by atoms with E-state index in [0.717, 1.165) is 0 Å². The van der Waals surface area contributed by atoms with E-state index >= 15 is 0 Å². The third-order valence-electron chi connectivity index (χ3n) is 3.19. The summed E-state index contributed by atoms with van der Waals surface area (Å²) in [6.45, 7) is 3.89. The van der Waals surface area contributed by atoms with Gasteiger partial charge in [0.15, 0.2) is 11.4 Å². The van der Waals surface area contributed by atoms with Crippen molar-refractivity contribution >= 4 is 11.5 Å². The fourth-order valence-electron chi connectivity index (χ4n) is 2.11. The van der Waals surface area contributed by atoms with E-state index in [4.69, 9.17) is 15.2 Å². The minimum absolute atomic E-state index is 0.0346. The Hall–Kier alpha value is -2.50. The lowest BCUT2D eigenvalue weighted by Crippen LogP contribution is -2.15. The van der Waals surface area contributed by atoms with Gasteiger partial charge < -0.3 is 15.2 Å². The summed E-state index contributed by atoms with van der Waals surface area (Å²) in [5, 5.41) is 4.20. The number of methoxy groups -OCH3 is 2. The molecule has 0 saturated carbocycles. The summed E-state index contributed by atoms with van der Waals surface area (Å²) >= 11 is 0. The fourth-order valence-corrected chi connectivity index (χ4v) is 2.11. The Balaban J connectivity index is 2.52. The molecule has 0 bridgehead atoms. The zero-order chi connectivity index (χ0) is 15.6. The van der Waals surface area contributed by atoms with Crippen molar-refractivity contribution in [2.75, 3.05) is 20.0 Å². The van der Waals surface area contributed by atoms with E-state index in [9.17, 15) is 4.79 Å². The summed E-state index contributed by atoms with van der Waals surface area (Å²) in [4.78, 5) is 12.8. The van der Waals surface area contributed by atoms with Gasteiger partial charge in [-0.2, -0.15) is 5.10 Å². The lowest BCUT2D eigenvalue weighted by Gasteiger charge is -2.13. The van der Waals surface area contributed by atoms with Crippen LogP contribution < -0.4 is 15.2 Å². The average molecular weight is 289 g/mol. The normalized spacial score (nSPS) is 10.7. The number of anilines is 1. The van der Waals surface area contributed by atoms with E-state index in [0.29, 0.717) is 28.4 Å². The van der Waals surface area contributed by atoms with Crippen molar-refractivity contribution in [3.05, 3.63) is 35.7 Å². The molecular formula is C15H19N3O3. The van der Waals surface area contributed by atoms with Gasteiger partial charge in [-0.15, -0.1) is 0 Å². The molecule has 2 N–H and O–H groups in total. The number of hydrogen-bond donors (Lipinski definition) is 1. The zero-order valence-electron chi connectivity index (χ0n) is 12.6. The van der Waals surface area contributed by atoms with Crippen LogP contribution in [-0.2, 0) is 0 Å². The predicted octanol–water partition coefficient (Wildman–Crippen LogP) is 2.29. The smallest absolute Gasteiger partial charge is 0.216 e. The molecule has 0 aliphatic carbocycles. The first-order valence-electron chi connectivity index (χ1n) is 6.59. The Kier molecular flexibility index (Phi) is 4.16. The number of aromatic nitrogens is 2. The van der Waals surface area contributed by atoms with Gasteiger partial charge in [-0.25, -0.2) is 0 Å². The molecule has 112 valence electrons. The molecule has 0 aliphatic rings. The minimum atomic E-state index is -0.224. The topological polar surface area (TPSA) is 79.4 Å². The lowest BCUT2D eigenvalue weighted by atomic mass is 10.0. The van der Waals surface area contributed by atoms with Gasteiger partial charge in [0.2, 0.25) is 5.78 Å². The summed E-state index contributed by atoms with van der Waals surface area (Å²) in [6, 6.07) is 5.00. The molecular weight excluding hydrogens is 270 g/mol. The zero-order valence-corrected chi connectivity index (χ0v) is 12.6. The second-order valence-corrected chi connectivity index (χ2v) is 4.88. The van der Waals surface area contributed by atoms with Crippen molar-refractivity contribution in [3.63, 3.8) is 0 Å². The van der Waals surface area contributed by atoms with Crippen molar-refractivity contribution in [2.45, 2.75) is 19.9 Å². The molecule has 0 fully saturated rings. The van der Waals surface area contributed by atoms with E-state index in [2.05, 4.69) is 5.10 Å². The van der Waals surface area contributed by atoms with Crippen molar-refractivity contribution in [1.82, 2.24) is 9.78 Å². The highest BCUT2D eigenvalue weighted by molar-refractivity contribution is 6.12. The summed E-state index contributed by atoms with van der Waals surface area (Å²) in [5.74, 6) is 0.815. The molecule has 21 heavy (non-hydrogen) atoms. The number of ether oxygens (including phenoxy) is 2. The van der Waals surface area contributed by atoms with Gasteiger partial charge in [0.05, 0.1) is 20.4 Å². The maximum absolute atomic E-state index is 12.8. The second kappa shape index (κ2) is 5.87. The van der Waals surface area contributed by atoms with E-state index in [1.54, 1.807) is 30.0 Å². The molecule has 0 saturated heterocycles. The van der Waals surface area contributed by atoms with E-state index in [-0.39, 0.29) is 11.8 Å². The Morgan fingerprint density at radius 3 is 2.52 bits per heavy atom. The van der Waals surface area contributed by atoms with Crippen LogP contribution in [0, 0.1) is 0 Å². The lowest BCUT2D eigenvalue weighted by molar-refractivity contribution is 0.102. The highest BCUT2D eigenvalue weighted by atomic mass is 16.5. The molecule has 0 atom stereocenters. The molecule has 0 unspecified atom stereocenters. The summed E-state index contributed by atoms with van der Waals surface area (Å²) in [6.07, 6.45) is 1.53. The number of benzene rings is 1. The van der Waals surface area contributed by atoms with Gasteiger partial charge in [-0.05, 0) is 26.0 Å². The number of rotatable bonds is 5. The number of nitrogens with zero attached hydrogens (tertiary/aromatic N) is 2. The quantitative estimate of drug-likeness (QED) is 0.675. The van der Waals surface area contributed by atoms with Crippen molar-refractivity contribution < 1.29 is 14.3 Å². The maximum atomic E-state index is 12.8. The number of carbonyl (C=O) groups excluding carboxylic acids is 1. The average Bonchev–Trinajstić information content (AvgIpc) is 2.90. The van der Waals surface area contributed by atoms with Crippen LogP contribution in [0.2, 0.25) is 0 Å². The first-order chi connectivity index (χ1) is 9.99. The molecule has 0 spiro atoms. The number of ketones is 1. The van der Waals surface area contributed by atoms with Crippen LogP contribution in [0.4, 0.5) is 5.69 Å². The maximum Gasteiger partial charge on any atom is 0.216 e. The first kappa shape index (κ1) is 14.9. The van der Waals surface area contributed by atoms with Crippen LogP contribution in [0.25, 0.3) is 0 Å². The second-order valence-electron chi connectivity index (χ2n) is 4.88. The number of nitrogen functional groups attached to an aromatic ring is 1. The van der Waals surface area contributed by atoms with Crippen molar-refractivity contribution in [3.8, 4) is 11.5 Å². The Labute approximate surface area is 123 Å². The van der Waals surface area contributed by atoms with Gasteiger partial charge in [0.25, 0.3) is 0 Å². The van der Waals surface area contributed by atoms with E-state index < -0.39 is 0 Å². The molecule has 6 heteroatoms. The highest BCUT2D eigenvalue weighted by Crippen LogP contribution is 2.28.